The standard InChI is InChI=1S/C9H12O.Na.H2O/c1-6-4-5-7(2)9(10)8(6)3;;/h4-5,10H,1-3H3;;1H2/q;+1;/p-1. The molecule has 2 N–H and O–H groups in total. The maximum Gasteiger partial charge on any atom is 1.00 e. The molecule has 0 saturated carbocycles. The number of aromatic hydroxyl groups is 1. The Bertz CT molecular complexity index is 232. The molecule has 62 valence electrons. The summed E-state index contributed by atoms with van der Waals surface area (Å²) < 4.78 is 0. The van der Waals surface area contributed by atoms with Crippen molar-refractivity contribution in [3.8, 4) is 5.75 Å². The van der Waals surface area contributed by atoms with Crippen LogP contribution in [0.15, 0.2) is 12.1 Å². The van der Waals surface area contributed by atoms with Gasteiger partial charge in [0.1, 0.15) is 5.75 Å². The van der Waals surface area contributed by atoms with E-state index in [1.807, 2.05) is 32.9 Å². The Morgan fingerprint density at radius 3 is 1.83 bits per heavy atom. The molecule has 1 rings (SSSR count). The zero-order chi connectivity index (χ0) is 7.72. The van der Waals surface area contributed by atoms with E-state index in [-0.39, 0.29) is 35.0 Å². The van der Waals surface area contributed by atoms with E-state index >= 15 is 0 Å². The van der Waals surface area contributed by atoms with E-state index in [0.717, 1.165) is 16.7 Å². The molecule has 0 unspecified atom stereocenters. The minimum Gasteiger partial charge on any atom is -0.870 e. The van der Waals surface area contributed by atoms with E-state index in [1.165, 1.54) is 0 Å². The predicted molar refractivity (Wildman–Crippen MR) is 44.3 cm³/mol. The van der Waals surface area contributed by atoms with Gasteiger partial charge < -0.3 is 10.6 Å². The second-order valence-electron chi connectivity index (χ2n) is 2.67. The molecule has 0 radical (unpaired) electrons. The minimum absolute atomic E-state index is 0. The molecule has 1 aromatic carbocycles. The summed E-state index contributed by atoms with van der Waals surface area (Å²) in [5.41, 5.74) is 3.08. The smallest absolute Gasteiger partial charge is 0.870 e. The molecule has 0 aliphatic carbocycles. The second kappa shape index (κ2) is 5.60. The Morgan fingerprint density at radius 1 is 1.00 bits per heavy atom. The van der Waals surface area contributed by atoms with Gasteiger partial charge in [0.25, 0.3) is 0 Å². The fourth-order valence-corrected chi connectivity index (χ4v) is 0.936. The third kappa shape index (κ3) is 2.79. The van der Waals surface area contributed by atoms with Crippen molar-refractivity contribution in [1.29, 1.82) is 0 Å². The van der Waals surface area contributed by atoms with Crippen LogP contribution in [-0.4, -0.2) is 10.6 Å². The molecule has 0 amide bonds. The summed E-state index contributed by atoms with van der Waals surface area (Å²) in [7, 11) is 0. The minimum atomic E-state index is 0. The van der Waals surface area contributed by atoms with Crippen LogP contribution in [0.3, 0.4) is 0 Å². The number of aryl methyl sites for hydroxylation is 2. The number of phenolic OH excluding ortho intramolecular Hbond substituents is 1. The summed E-state index contributed by atoms with van der Waals surface area (Å²) >= 11 is 0. The van der Waals surface area contributed by atoms with Crippen molar-refractivity contribution in [2.45, 2.75) is 20.8 Å². The average molecular weight is 176 g/mol. The van der Waals surface area contributed by atoms with Gasteiger partial charge in [-0.25, -0.2) is 0 Å². The number of hydrogen-bond donors (Lipinski definition) is 1. The molecule has 0 bridgehead atoms. The van der Waals surface area contributed by atoms with Crippen molar-refractivity contribution < 1.29 is 40.1 Å². The van der Waals surface area contributed by atoms with Crippen molar-refractivity contribution in [2.24, 2.45) is 0 Å². The van der Waals surface area contributed by atoms with Crippen LogP contribution in [0.1, 0.15) is 16.7 Å². The molecule has 0 fully saturated rings. The largest absolute Gasteiger partial charge is 1.00 e. The van der Waals surface area contributed by atoms with Gasteiger partial charge in [0.15, 0.2) is 0 Å². The van der Waals surface area contributed by atoms with Crippen LogP contribution >= 0.6 is 0 Å². The van der Waals surface area contributed by atoms with E-state index in [4.69, 9.17) is 0 Å². The van der Waals surface area contributed by atoms with E-state index in [9.17, 15) is 5.11 Å². The first-order valence-corrected chi connectivity index (χ1v) is 3.38. The molecule has 0 heterocycles. The summed E-state index contributed by atoms with van der Waals surface area (Å²) in [6, 6.07) is 3.95. The average Bonchev–Trinajstić information content (AvgIpc) is 1.93. The van der Waals surface area contributed by atoms with Crippen LogP contribution in [0.2, 0.25) is 0 Å². The van der Waals surface area contributed by atoms with Gasteiger partial charge >= 0.3 is 29.6 Å². The van der Waals surface area contributed by atoms with Crippen LogP contribution in [0.25, 0.3) is 0 Å². The zero-order valence-electron chi connectivity index (χ0n) is 8.05. The Balaban J connectivity index is 0. The topological polar surface area (TPSA) is 50.2 Å². The second-order valence-corrected chi connectivity index (χ2v) is 2.67. The molecule has 0 spiro atoms. The molecular formula is C9H13NaO2. The molecule has 0 atom stereocenters. The van der Waals surface area contributed by atoms with Crippen molar-refractivity contribution in [3.05, 3.63) is 28.8 Å². The molecule has 0 aliphatic rings. The maximum atomic E-state index is 9.39. The van der Waals surface area contributed by atoms with Gasteiger partial charge in [-0.3, -0.25) is 0 Å². The van der Waals surface area contributed by atoms with E-state index in [0.29, 0.717) is 5.75 Å². The predicted octanol–water partition coefficient (Wildman–Crippen LogP) is -0.855. The van der Waals surface area contributed by atoms with Gasteiger partial charge in [0.05, 0.1) is 0 Å². The van der Waals surface area contributed by atoms with Gasteiger partial charge in [0.2, 0.25) is 0 Å². The zero-order valence-corrected chi connectivity index (χ0v) is 10.0. The molecular weight excluding hydrogens is 163 g/mol. The summed E-state index contributed by atoms with van der Waals surface area (Å²) in [6.07, 6.45) is 0. The van der Waals surface area contributed by atoms with Crippen LogP contribution < -0.4 is 29.6 Å². The molecule has 12 heavy (non-hydrogen) atoms. The molecule has 2 nitrogen and oxygen atoms in total. The quantitative estimate of drug-likeness (QED) is 0.523. The summed E-state index contributed by atoms with van der Waals surface area (Å²) in [6.45, 7) is 5.83. The van der Waals surface area contributed by atoms with Crippen LogP contribution in [0, 0.1) is 20.8 Å². The summed E-state index contributed by atoms with van der Waals surface area (Å²) in [4.78, 5) is 0. The van der Waals surface area contributed by atoms with Gasteiger partial charge in [-0.2, -0.15) is 0 Å². The van der Waals surface area contributed by atoms with Crippen molar-refractivity contribution in [3.63, 3.8) is 0 Å². The first-order valence-electron chi connectivity index (χ1n) is 3.38. The Labute approximate surface area is 95.2 Å². The SMILES string of the molecule is Cc1ccc(C)c(O)c1C.[Na+].[OH-]. The van der Waals surface area contributed by atoms with Crippen molar-refractivity contribution >= 4 is 0 Å². The molecule has 0 aromatic heterocycles. The van der Waals surface area contributed by atoms with Crippen LogP contribution in [0.4, 0.5) is 0 Å². The molecule has 1 aromatic rings. The number of phenols is 1. The summed E-state index contributed by atoms with van der Waals surface area (Å²) in [5, 5.41) is 9.39. The number of rotatable bonds is 0. The van der Waals surface area contributed by atoms with E-state index in [2.05, 4.69) is 0 Å². The molecule has 3 heteroatoms. The normalized spacial score (nSPS) is 8.25. The van der Waals surface area contributed by atoms with E-state index < -0.39 is 0 Å². The Kier molecular flexibility index (Phi) is 6.76. The third-order valence-corrected chi connectivity index (χ3v) is 1.90. The van der Waals surface area contributed by atoms with Crippen LogP contribution in [0.5, 0.6) is 5.75 Å². The fraction of sp³-hybridized carbons (Fsp3) is 0.333. The molecule has 0 saturated heterocycles. The first-order chi connectivity index (χ1) is 4.63. The maximum absolute atomic E-state index is 9.39. The summed E-state index contributed by atoms with van der Waals surface area (Å²) in [5.74, 6) is 0.431. The number of hydrogen-bond acceptors (Lipinski definition) is 2. The van der Waals surface area contributed by atoms with Crippen molar-refractivity contribution in [2.75, 3.05) is 0 Å². The van der Waals surface area contributed by atoms with Crippen molar-refractivity contribution in [1.82, 2.24) is 0 Å². The first kappa shape index (κ1) is 14.5. The Morgan fingerprint density at radius 2 is 1.42 bits per heavy atom. The fourth-order valence-electron chi connectivity index (χ4n) is 0.936. The van der Waals surface area contributed by atoms with Gasteiger partial charge in [-0.1, -0.05) is 12.1 Å². The third-order valence-electron chi connectivity index (χ3n) is 1.90. The van der Waals surface area contributed by atoms with Gasteiger partial charge in [0, 0.05) is 0 Å². The molecule has 0 aliphatic heterocycles. The van der Waals surface area contributed by atoms with Gasteiger partial charge in [-0.15, -0.1) is 0 Å². The van der Waals surface area contributed by atoms with E-state index in [1.54, 1.807) is 0 Å². The van der Waals surface area contributed by atoms with Crippen LogP contribution in [-0.2, 0) is 0 Å². The van der Waals surface area contributed by atoms with Gasteiger partial charge in [-0.05, 0) is 37.5 Å². The Hall–Kier alpha value is -0.0200. The number of benzene rings is 1. The monoisotopic (exact) mass is 176 g/mol.